The van der Waals surface area contributed by atoms with E-state index in [4.69, 9.17) is 0 Å². The molecule has 7 heteroatoms. The van der Waals surface area contributed by atoms with Crippen LogP contribution in [0.25, 0.3) is 0 Å². The van der Waals surface area contributed by atoms with Crippen molar-refractivity contribution in [1.29, 1.82) is 0 Å². The molecule has 0 spiro atoms. The highest BCUT2D eigenvalue weighted by molar-refractivity contribution is 7.88. The average Bonchev–Trinajstić information content (AvgIpc) is 3.07. The molecule has 0 radical (unpaired) electrons. The van der Waals surface area contributed by atoms with Gasteiger partial charge < -0.3 is 4.98 Å². The first-order valence-corrected chi connectivity index (χ1v) is 9.97. The Labute approximate surface area is 143 Å². The largest absolute Gasteiger partial charge is 0.347 e. The second-order valence-electron chi connectivity index (χ2n) is 6.41. The first-order valence-electron chi connectivity index (χ1n) is 8.31. The van der Waals surface area contributed by atoms with Gasteiger partial charge in [0, 0.05) is 31.5 Å². The molecule has 0 bridgehead atoms. The number of rotatable bonds is 7. The third kappa shape index (κ3) is 5.15. The van der Waals surface area contributed by atoms with Gasteiger partial charge in [0.05, 0.1) is 12.1 Å². The van der Waals surface area contributed by atoms with Crippen LogP contribution in [-0.2, 0) is 22.3 Å². The molecule has 1 atom stereocenters. The van der Waals surface area contributed by atoms with Crippen LogP contribution in [0.15, 0.2) is 42.9 Å². The quantitative estimate of drug-likeness (QED) is 0.799. The van der Waals surface area contributed by atoms with E-state index < -0.39 is 10.0 Å². The van der Waals surface area contributed by atoms with Gasteiger partial charge in [-0.15, -0.1) is 0 Å². The molecule has 1 aliphatic heterocycles. The molecule has 1 aromatic carbocycles. The van der Waals surface area contributed by atoms with Crippen molar-refractivity contribution < 1.29 is 8.42 Å². The minimum Gasteiger partial charge on any atom is -0.347 e. The van der Waals surface area contributed by atoms with Crippen LogP contribution in [0.2, 0.25) is 0 Å². The van der Waals surface area contributed by atoms with Crippen molar-refractivity contribution in [2.24, 2.45) is 5.92 Å². The molecule has 2 heterocycles. The van der Waals surface area contributed by atoms with E-state index in [2.05, 4.69) is 19.6 Å². The normalized spacial score (nSPS) is 19.4. The van der Waals surface area contributed by atoms with Crippen LogP contribution in [-0.4, -0.2) is 42.9 Å². The Morgan fingerprint density at radius 2 is 2.12 bits per heavy atom. The van der Waals surface area contributed by atoms with Crippen LogP contribution in [0.4, 0.5) is 0 Å². The Morgan fingerprint density at radius 3 is 2.88 bits per heavy atom. The summed E-state index contributed by atoms with van der Waals surface area (Å²) >= 11 is 0. The number of aromatic amines is 1. The first-order chi connectivity index (χ1) is 11.6. The lowest BCUT2D eigenvalue weighted by Gasteiger charge is -2.32. The van der Waals surface area contributed by atoms with Crippen molar-refractivity contribution in [2.75, 3.05) is 19.6 Å². The van der Waals surface area contributed by atoms with Crippen molar-refractivity contribution in [3.05, 3.63) is 54.1 Å². The molecule has 3 rings (SSSR count). The minimum absolute atomic E-state index is 0.0401. The summed E-state index contributed by atoms with van der Waals surface area (Å²) in [6.07, 6.45) is 5.69. The van der Waals surface area contributed by atoms with Gasteiger partial charge in [-0.05, 0) is 30.9 Å². The highest BCUT2D eigenvalue weighted by atomic mass is 32.2. The zero-order chi connectivity index (χ0) is 16.8. The Balaban J connectivity index is 1.48. The Bertz CT molecular complexity index is 716. The van der Waals surface area contributed by atoms with Gasteiger partial charge >= 0.3 is 0 Å². The summed E-state index contributed by atoms with van der Waals surface area (Å²) in [5, 5.41) is 0. The molecule has 24 heavy (non-hydrogen) atoms. The second kappa shape index (κ2) is 7.92. The molecular weight excluding hydrogens is 324 g/mol. The van der Waals surface area contributed by atoms with Crippen LogP contribution in [0, 0.1) is 5.92 Å². The summed E-state index contributed by atoms with van der Waals surface area (Å²) in [6, 6.07) is 9.29. The molecule has 0 amide bonds. The Kier molecular flexibility index (Phi) is 5.65. The number of nitrogens with zero attached hydrogens (tertiary/aromatic N) is 2. The van der Waals surface area contributed by atoms with E-state index in [1.54, 1.807) is 6.33 Å². The van der Waals surface area contributed by atoms with Crippen molar-refractivity contribution in [2.45, 2.75) is 25.1 Å². The lowest BCUT2D eigenvalue weighted by atomic mass is 9.98. The van der Waals surface area contributed by atoms with E-state index in [0.717, 1.165) is 43.7 Å². The van der Waals surface area contributed by atoms with Gasteiger partial charge in [-0.2, -0.15) is 0 Å². The molecule has 0 aliphatic carbocycles. The van der Waals surface area contributed by atoms with E-state index >= 15 is 0 Å². The van der Waals surface area contributed by atoms with E-state index in [-0.39, 0.29) is 5.75 Å². The van der Waals surface area contributed by atoms with Gasteiger partial charge in [0.25, 0.3) is 0 Å². The van der Waals surface area contributed by atoms with E-state index in [1.807, 2.05) is 36.5 Å². The number of sulfonamides is 1. The predicted molar refractivity (Wildman–Crippen MR) is 93.7 cm³/mol. The van der Waals surface area contributed by atoms with Crippen molar-refractivity contribution >= 4 is 10.0 Å². The number of H-pyrrole nitrogens is 1. The number of hydrogen-bond donors (Lipinski definition) is 2. The molecule has 0 unspecified atom stereocenters. The van der Waals surface area contributed by atoms with Gasteiger partial charge in [-0.25, -0.2) is 18.1 Å². The van der Waals surface area contributed by atoms with E-state index in [9.17, 15) is 8.42 Å². The van der Waals surface area contributed by atoms with Gasteiger partial charge in [0.15, 0.2) is 0 Å². The van der Waals surface area contributed by atoms with Gasteiger partial charge in [0.1, 0.15) is 0 Å². The SMILES string of the molecule is O=S(=O)(Cc1ccccc1)NC[C@H]1CCCN(Cc2cnc[nH]2)C1. The molecule has 1 aromatic heterocycles. The molecule has 0 saturated carbocycles. The third-order valence-corrected chi connectivity index (χ3v) is 5.66. The predicted octanol–water partition coefficient (Wildman–Crippen LogP) is 1.74. The van der Waals surface area contributed by atoms with Crippen LogP contribution in [0.5, 0.6) is 0 Å². The summed E-state index contributed by atoms with van der Waals surface area (Å²) in [4.78, 5) is 9.51. The van der Waals surface area contributed by atoms with Crippen LogP contribution in [0.1, 0.15) is 24.1 Å². The van der Waals surface area contributed by atoms with Crippen molar-refractivity contribution in [3.8, 4) is 0 Å². The summed E-state index contributed by atoms with van der Waals surface area (Å²) in [5.41, 5.74) is 1.91. The molecule has 2 N–H and O–H groups in total. The molecule has 130 valence electrons. The standard InChI is InChI=1S/C17H24N4O2S/c22-24(23,13-15-5-2-1-3-6-15)20-9-16-7-4-8-21(11-16)12-17-10-18-14-19-17/h1-3,5-6,10,14,16,20H,4,7-9,11-13H2,(H,18,19)/t16-/m1/s1. The molecule has 1 aliphatic rings. The lowest BCUT2D eigenvalue weighted by Crippen LogP contribution is -2.40. The highest BCUT2D eigenvalue weighted by Crippen LogP contribution is 2.18. The number of piperidine rings is 1. The van der Waals surface area contributed by atoms with Crippen LogP contribution in [0.3, 0.4) is 0 Å². The number of imidazole rings is 1. The summed E-state index contributed by atoms with van der Waals surface area (Å²) in [7, 11) is -3.29. The van der Waals surface area contributed by atoms with Gasteiger partial charge in [0.2, 0.25) is 10.0 Å². The maximum absolute atomic E-state index is 12.2. The summed E-state index contributed by atoms with van der Waals surface area (Å²) in [6.45, 7) is 3.31. The Hall–Kier alpha value is -1.70. The molecule has 2 aromatic rings. The average molecular weight is 348 g/mol. The third-order valence-electron chi connectivity index (χ3n) is 4.34. The number of hydrogen-bond acceptors (Lipinski definition) is 4. The fraction of sp³-hybridized carbons (Fsp3) is 0.471. The van der Waals surface area contributed by atoms with Crippen LogP contribution < -0.4 is 4.72 Å². The zero-order valence-corrected chi connectivity index (χ0v) is 14.5. The summed E-state index contributed by atoms with van der Waals surface area (Å²) < 4.78 is 27.3. The van der Waals surface area contributed by atoms with Gasteiger partial charge in [-0.1, -0.05) is 30.3 Å². The number of benzene rings is 1. The smallest absolute Gasteiger partial charge is 0.215 e. The highest BCUT2D eigenvalue weighted by Gasteiger charge is 2.22. The first kappa shape index (κ1) is 17.1. The molecule has 6 nitrogen and oxygen atoms in total. The fourth-order valence-electron chi connectivity index (χ4n) is 3.16. The van der Waals surface area contributed by atoms with Crippen molar-refractivity contribution in [3.63, 3.8) is 0 Å². The lowest BCUT2D eigenvalue weighted by molar-refractivity contribution is 0.167. The van der Waals surface area contributed by atoms with Crippen LogP contribution >= 0.6 is 0 Å². The summed E-state index contributed by atoms with van der Waals surface area (Å²) in [5.74, 6) is 0.394. The van der Waals surface area contributed by atoms with Crippen molar-refractivity contribution in [1.82, 2.24) is 19.6 Å². The Morgan fingerprint density at radius 1 is 1.29 bits per heavy atom. The number of nitrogens with one attached hydrogen (secondary N) is 2. The molecule has 1 fully saturated rings. The number of likely N-dealkylation sites (tertiary alicyclic amines) is 1. The second-order valence-corrected chi connectivity index (χ2v) is 8.22. The maximum atomic E-state index is 12.2. The topological polar surface area (TPSA) is 78.1 Å². The molecular formula is C17H24N4O2S. The van der Waals surface area contributed by atoms with E-state index in [0.29, 0.717) is 12.5 Å². The minimum atomic E-state index is -3.29. The number of aromatic nitrogens is 2. The maximum Gasteiger partial charge on any atom is 0.215 e. The fourth-order valence-corrected chi connectivity index (χ4v) is 4.39. The molecule has 1 saturated heterocycles. The van der Waals surface area contributed by atoms with E-state index in [1.165, 1.54) is 0 Å². The monoisotopic (exact) mass is 348 g/mol. The zero-order valence-electron chi connectivity index (χ0n) is 13.7. The van der Waals surface area contributed by atoms with Gasteiger partial charge in [-0.3, -0.25) is 4.90 Å².